The van der Waals surface area contributed by atoms with Gasteiger partial charge in [0, 0.05) is 38.1 Å². The van der Waals surface area contributed by atoms with Crippen LogP contribution in [-0.4, -0.2) is 46.0 Å². The first-order valence-electron chi connectivity index (χ1n) is 12.0. The Kier molecular flexibility index (Phi) is 7.14. The Morgan fingerprint density at radius 2 is 1.84 bits per heavy atom. The predicted octanol–water partition coefficient (Wildman–Crippen LogP) is 5.32. The lowest BCUT2D eigenvalue weighted by Crippen LogP contribution is -2.46. The Bertz CT molecular complexity index is 917. The van der Waals surface area contributed by atoms with Gasteiger partial charge >= 0.3 is 0 Å². The molecule has 0 aromatic heterocycles. The summed E-state index contributed by atoms with van der Waals surface area (Å²) >= 11 is 0. The molecule has 2 aromatic rings. The van der Waals surface area contributed by atoms with Gasteiger partial charge in [-0.1, -0.05) is 38.1 Å². The van der Waals surface area contributed by atoms with Crippen LogP contribution in [0.4, 0.5) is 4.39 Å². The lowest BCUT2D eigenvalue weighted by Gasteiger charge is -2.40. The standard InChI is InChI=1S/C27H35FN2O2/c1-19(2)13-27(32)29(18-20-5-3-7-23(28)14-20)11-12-30-24-9-10-25(30)16-22(15-24)21-6-4-8-26(31)17-21/h3-8,14,17,19,22,24-25,31H,9-13,15-16,18H2,1-2H3/t22?,24-,25+. The van der Waals surface area contributed by atoms with Crippen LogP contribution < -0.4 is 0 Å². The van der Waals surface area contributed by atoms with Crippen molar-refractivity contribution >= 4 is 5.91 Å². The SMILES string of the molecule is CC(C)CC(=O)N(CCN1[C@@H]2CC[C@H]1CC(c1cccc(O)c1)C2)Cc1cccc(F)c1. The van der Waals surface area contributed by atoms with E-state index < -0.39 is 0 Å². The molecule has 32 heavy (non-hydrogen) atoms. The fourth-order valence-corrected chi connectivity index (χ4v) is 5.55. The lowest BCUT2D eigenvalue weighted by molar-refractivity contribution is -0.133. The molecule has 1 unspecified atom stereocenters. The molecule has 1 N–H and O–H groups in total. The molecule has 4 rings (SSSR count). The van der Waals surface area contributed by atoms with E-state index in [9.17, 15) is 14.3 Å². The number of phenols is 1. The molecule has 2 aliphatic rings. The molecular formula is C27H35FN2O2. The average molecular weight is 439 g/mol. The normalized spacial score (nSPS) is 22.9. The van der Waals surface area contributed by atoms with Crippen LogP contribution in [-0.2, 0) is 11.3 Å². The number of halogens is 1. The summed E-state index contributed by atoms with van der Waals surface area (Å²) in [5.41, 5.74) is 2.08. The molecule has 0 aliphatic carbocycles. The number of hydrogen-bond acceptors (Lipinski definition) is 3. The molecule has 1 amide bonds. The first-order chi connectivity index (χ1) is 15.4. The van der Waals surface area contributed by atoms with Crippen molar-refractivity contribution in [2.45, 2.75) is 70.5 Å². The topological polar surface area (TPSA) is 43.8 Å². The number of aromatic hydroxyl groups is 1. The first kappa shape index (κ1) is 22.8. The number of carbonyl (C=O) groups is 1. The van der Waals surface area contributed by atoms with E-state index in [1.54, 1.807) is 12.1 Å². The summed E-state index contributed by atoms with van der Waals surface area (Å²) in [6, 6.07) is 15.3. The summed E-state index contributed by atoms with van der Waals surface area (Å²) in [6.45, 7) is 6.11. The van der Waals surface area contributed by atoms with Crippen molar-refractivity contribution in [3.63, 3.8) is 0 Å². The van der Waals surface area contributed by atoms with Gasteiger partial charge in [0.25, 0.3) is 0 Å². The summed E-state index contributed by atoms with van der Waals surface area (Å²) in [7, 11) is 0. The smallest absolute Gasteiger partial charge is 0.223 e. The number of benzene rings is 2. The van der Waals surface area contributed by atoms with E-state index in [2.05, 4.69) is 24.8 Å². The van der Waals surface area contributed by atoms with Gasteiger partial charge in [0.2, 0.25) is 5.91 Å². The van der Waals surface area contributed by atoms with Crippen LogP contribution in [0.15, 0.2) is 48.5 Å². The molecule has 2 heterocycles. The minimum Gasteiger partial charge on any atom is -0.508 e. The first-order valence-corrected chi connectivity index (χ1v) is 12.0. The van der Waals surface area contributed by atoms with Gasteiger partial charge in [0.15, 0.2) is 0 Å². The zero-order valence-electron chi connectivity index (χ0n) is 19.2. The molecule has 0 saturated carbocycles. The maximum Gasteiger partial charge on any atom is 0.223 e. The van der Waals surface area contributed by atoms with Gasteiger partial charge in [0.1, 0.15) is 11.6 Å². The van der Waals surface area contributed by atoms with Crippen LogP contribution in [0.25, 0.3) is 0 Å². The molecule has 3 atom stereocenters. The van der Waals surface area contributed by atoms with Gasteiger partial charge in [-0.25, -0.2) is 4.39 Å². The van der Waals surface area contributed by atoms with Crippen LogP contribution in [0.2, 0.25) is 0 Å². The quantitative estimate of drug-likeness (QED) is 0.607. The van der Waals surface area contributed by atoms with Gasteiger partial charge in [-0.2, -0.15) is 0 Å². The van der Waals surface area contributed by atoms with Gasteiger partial charge < -0.3 is 10.0 Å². The Morgan fingerprint density at radius 1 is 1.12 bits per heavy atom. The third kappa shape index (κ3) is 5.50. The van der Waals surface area contributed by atoms with E-state index in [0.29, 0.717) is 49.2 Å². The van der Waals surface area contributed by atoms with E-state index in [-0.39, 0.29) is 11.7 Å². The number of amides is 1. The molecule has 0 spiro atoms. The Morgan fingerprint density at radius 3 is 2.50 bits per heavy atom. The highest BCUT2D eigenvalue weighted by atomic mass is 19.1. The predicted molar refractivity (Wildman–Crippen MR) is 125 cm³/mol. The van der Waals surface area contributed by atoms with E-state index >= 15 is 0 Å². The molecule has 0 radical (unpaired) electrons. The van der Waals surface area contributed by atoms with Crippen molar-refractivity contribution in [1.82, 2.24) is 9.80 Å². The van der Waals surface area contributed by atoms with Crippen LogP contribution in [0.5, 0.6) is 5.75 Å². The number of rotatable bonds is 8. The van der Waals surface area contributed by atoms with Crippen molar-refractivity contribution in [2.75, 3.05) is 13.1 Å². The second-order valence-corrected chi connectivity index (χ2v) is 9.93. The molecule has 2 aliphatic heterocycles. The van der Waals surface area contributed by atoms with Crippen molar-refractivity contribution in [1.29, 1.82) is 0 Å². The maximum absolute atomic E-state index is 13.7. The van der Waals surface area contributed by atoms with Crippen molar-refractivity contribution in [3.05, 3.63) is 65.5 Å². The number of nitrogens with zero attached hydrogens (tertiary/aromatic N) is 2. The Balaban J connectivity index is 1.41. The van der Waals surface area contributed by atoms with Crippen molar-refractivity contribution in [3.8, 4) is 5.75 Å². The van der Waals surface area contributed by atoms with Crippen molar-refractivity contribution in [2.24, 2.45) is 5.92 Å². The van der Waals surface area contributed by atoms with Crippen molar-refractivity contribution < 1.29 is 14.3 Å². The zero-order valence-corrected chi connectivity index (χ0v) is 19.2. The third-order valence-corrected chi connectivity index (χ3v) is 7.05. The largest absolute Gasteiger partial charge is 0.508 e. The third-order valence-electron chi connectivity index (χ3n) is 7.05. The van der Waals surface area contributed by atoms with Crippen LogP contribution in [0.1, 0.15) is 63.0 Å². The summed E-state index contributed by atoms with van der Waals surface area (Å²) in [5, 5.41) is 9.87. The maximum atomic E-state index is 13.7. The van der Waals surface area contributed by atoms with E-state index in [4.69, 9.17) is 0 Å². The van der Waals surface area contributed by atoms with Gasteiger partial charge in [0.05, 0.1) is 0 Å². The average Bonchev–Trinajstić information content (AvgIpc) is 2.97. The molecule has 2 aromatic carbocycles. The number of fused-ring (bicyclic) bond motifs is 2. The lowest BCUT2D eigenvalue weighted by atomic mass is 9.85. The zero-order chi connectivity index (χ0) is 22.7. The van der Waals surface area contributed by atoms with Gasteiger partial charge in [-0.05, 0) is 72.9 Å². The monoisotopic (exact) mass is 438 g/mol. The Labute approximate surface area is 191 Å². The van der Waals surface area contributed by atoms with E-state index in [1.165, 1.54) is 30.5 Å². The van der Waals surface area contributed by atoms with Gasteiger partial charge in [-0.15, -0.1) is 0 Å². The molecule has 172 valence electrons. The number of phenolic OH excluding ortho intramolecular Hbond substituents is 1. The van der Waals surface area contributed by atoms with Crippen LogP contribution in [0, 0.1) is 11.7 Å². The Hall–Kier alpha value is -2.40. The summed E-state index contributed by atoms with van der Waals surface area (Å²) in [6.07, 6.45) is 5.11. The second-order valence-electron chi connectivity index (χ2n) is 9.93. The summed E-state index contributed by atoms with van der Waals surface area (Å²) < 4.78 is 13.7. The second kappa shape index (κ2) is 10.0. The molecule has 5 heteroatoms. The van der Waals surface area contributed by atoms with Crippen LogP contribution >= 0.6 is 0 Å². The molecule has 2 fully saturated rings. The molecular weight excluding hydrogens is 403 g/mol. The fraction of sp³-hybridized carbons (Fsp3) is 0.519. The fourth-order valence-electron chi connectivity index (χ4n) is 5.55. The minimum absolute atomic E-state index is 0.145. The minimum atomic E-state index is -0.258. The van der Waals surface area contributed by atoms with E-state index in [1.807, 2.05) is 23.1 Å². The molecule has 4 nitrogen and oxygen atoms in total. The van der Waals surface area contributed by atoms with E-state index in [0.717, 1.165) is 24.9 Å². The van der Waals surface area contributed by atoms with Gasteiger partial charge in [-0.3, -0.25) is 9.69 Å². The number of piperidine rings is 1. The summed E-state index contributed by atoms with van der Waals surface area (Å²) in [4.78, 5) is 17.5. The highest BCUT2D eigenvalue weighted by Gasteiger charge is 2.41. The molecule has 2 saturated heterocycles. The molecule has 2 bridgehead atoms. The number of carbonyl (C=O) groups excluding carboxylic acids is 1. The highest BCUT2D eigenvalue weighted by molar-refractivity contribution is 5.76. The summed E-state index contributed by atoms with van der Waals surface area (Å²) in [5.74, 6) is 1.01. The highest BCUT2D eigenvalue weighted by Crippen LogP contribution is 2.43. The van der Waals surface area contributed by atoms with Crippen LogP contribution in [0.3, 0.4) is 0 Å². The number of hydrogen-bond donors (Lipinski definition) is 1.